The fourth-order valence-electron chi connectivity index (χ4n) is 13.3. The molecule has 304 valence electrons. The van der Waals surface area contributed by atoms with Crippen LogP contribution in [0, 0.1) is 84.7 Å². The molecule has 0 spiro atoms. The van der Waals surface area contributed by atoms with E-state index in [1.54, 1.807) is 13.0 Å². The molecule has 2 atom stereocenters. The number of Topliss-reactive ketones (excluding diaryl/α,β-unsaturated/α-hetero) is 1. The Morgan fingerprint density at radius 1 is 0.545 bits per heavy atom. The van der Waals surface area contributed by atoms with Gasteiger partial charge in [-0.3, -0.25) is 4.79 Å². The molecule has 2 unspecified atom stereocenters. The van der Waals surface area contributed by atoms with E-state index in [0.29, 0.717) is 23.5 Å². The maximum atomic E-state index is 15.1. The van der Waals surface area contributed by atoms with Gasteiger partial charge in [-0.1, -0.05) is 77.3 Å². The van der Waals surface area contributed by atoms with Gasteiger partial charge in [0.1, 0.15) is 11.6 Å². The lowest BCUT2D eigenvalue weighted by atomic mass is 9.66. The first-order valence-electron chi connectivity index (χ1n) is 23.0. The van der Waals surface area contributed by atoms with E-state index in [-0.39, 0.29) is 29.0 Å². The molecule has 5 heteroatoms. The minimum atomic E-state index is -3.01. The molecule has 2 aromatic carbocycles. The van der Waals surface area contributed by atoms with Crippen molar-refractivity contribution < 1.29 is 22.4 Å². The maximum Gasteiger partial charge on any atom is 0.279 e. The van der Waals surface area contributed by atoms with Gasteiger partial charge >= 0.3 is 0 Å². The zero-order chi connectivity index (χ0) is 38.9. The quantitative estimate of drug-likeness (QED) is 0.245. The summed E-state index contributed by atoms with van der Waals surface area (Å²) < 4.78 is 58.8. The largest absolute Gasteiger partial charge is 0.294 e. The van der Waals surface area contributed by atoms with Crippen LogP contribution in [0.1, 0.15) is 180 Å². The highest BCUT2D eigenvalue weighted by atomic mass is 19.3. The van der Waals surface area contributed by atoms with E-state index in [9.17, 15) is 13.6 Å². The van der Waals surface area contributed by atoms with Gasteiger partial charge in [-0.25, -0.2) is 17.6 Å². The third-order valence-corrected chi connectivity index (χ3v) is 16.2. The van der Waals surface area contributed by atoms with Crippen molar-refractivity contribution in [3.63, 3.8) is 0 Å². The number of ketones is 1. The minimum absolute atomic E-state index is 0.0368. The molecule has 1 nitrogen and oxygen atoms in total. The zero-order valence-corrected chi connectivity index (χ0v) is 34.6. The lowest BCUT2D eigenvalue weighted by Crippen LogP contribution is -2.33. The van der Waals surface area contributed by atoms with Gasteiger partial charge in [-0.2, -0.15) is 0 Å². The van der Waals surface area contributed by atoms with Gasteiger partial charge in [0, 0.05) is 11.8 Å². The summed E-state index contributed by atoms with van der Waals surface area (Å²) in [5.74, 6) is 1.17. The fraction of sp³-hybridized carbons (Fsp3) is 0.740. The van der Waals surface area contributed by atoms with Crippen molar-refractivity contribution in [2.75, 3.05) is 0 Å². The monoisotopic (exact) mass is 763 g/mol. The highest BCUT2D eigenvalue weighted by Crippen LogP contribution is 2.54. The lowest BCUT2D eigenvalue weighted by Gasteiger charge is -2.40. The van der Waals surface area contributed by atoms with Crippen LogP contribution in [0.15, 0.2) is 24.3 Å². The minimum Gasteiger partial charge on any atom is -0.294 e. The number of rotatable bonds is 8. The van der Waals surface area contributed by atoms with Gasteiger partial charge in [0.25, 0.3) is 5.92 Å². The summed E-state index contributed by atoms with van der Waals surface area (Å²) in [6.45, 7) is 8.29. The molecule has 6 aliphatic carbocycles. The Kier molecular flexibility index (Phi) is 13.2. The van der Waals surface area contributed by atoms with E-state index in [2.05, 4.69) is 13.8 Å². The number of carbonyl (C=O) groups excluding carboxylic acids is 1. The van der Waals surface area contributed by atoms with E-state index < -0.39 is 17.7 Å². The Morgan fingerprint density at radius 2 is 0.964 bits per heavy atom. The van der Waals surface area contributed by atoms with Crippen LogP contribution < -0.4 is 0 Å². The van der Waals surface area contributed by atoms with Crippen molar-refractivity contribution in [2.24, 2.45) is 59.2 Å². The van der Waals surface area contributed by atoms with Crippen molar-refractivity contribution in [2.45, 2.75) is 175 Å². The van der Waals surface area contributed by atoms with Gasteiger partial charge in [0.15, 0.2) is 5.78 Å². The summed E-state index contributed by atoms with van der Waals surface area (Å²) in [6, 6.07) is 6.58. The van der Waals surface area contributed by atoms with Crippen LogP contribution in [0.5, 0.6) is 0 Å². The number of hydrogen-bond acceptors (Lipinski definition) is 1. The van der Waals surface area contributed by atoms with Crippen LogP contribution in [0.4, 0.5) is 17.6 Å². The summed E-state index contributed by atoms with van der Waals surface area (Å²) in [6.07, 6.45) is 26.6. The third kappa shape index (κ3) is 8.96. The van der Waals surface area contributed by atoms with Gasteiger partial charge in [0.05, 0.1) is 11.1 Å². The molecule has 0 aromatic heterocycles. The van der Waals surface area contributed by atoms with Crippen molar-refractivity contribution in [1.29, 1.82) is 0 Å². The molecule has 0 radical (unpaired) electrons. The topological polar surface area (TPSA) is 17.1 Å². The SMILES string of the molecule is CCCC1CCC(C2CCC(C3Cc4cc(C)cc(F)c4C3(F)F)CC2)CC1.CCCC1CCC(C2CCC(C3Cc4cc(C)cc(F)c4C3=O)CC2)CC1. The fourth-order valence-corrected chi connectivity index (χ4v) is 13.3. The summed E-state index contributed by atoms with van der Waals surface area (Å²) in [5.41, 5.74) is 3.28. The molecule has 0 N–H and O–H groups in total. The van der Waals surface area contributed by atoms with Gasteiger partial charge in [0.2, 0.25) is 0 Å². The van der Waals surface area contributed by atoms with Crippen LogP contribution in [-0.4, -0.2) is 5.78 Å². The molecule has 0 saturated heterocycles. The molecule has 4 fully saturated rings. The molecular weight excluding hydrogens is 693 g/mol. The third-order valence-electron chi connectivity index (χ3n) is 16.2. The van der Waals surface area contributed by atoms with Crippen LogP contribution in [0.25, 0.3) is 0 Å². The number of carbonyl (C=O) groups is 1. The first-order chi connectivity index (χ1) is 26.5. The van der Waals surface area contributed by atoms with Crippen molar-refractivity contribution in [3.8, 4) is 0 Å². The van der Waals surface area contributed by atoms with E-state index >= 15 is 8.78 Å². The Hall–Kier alpha value is -2.17. The summed E-state index contributed by atoms with van der Waals surface area (Å²) in [5, 5.41) is 0. The highest BCUT2D eigenvalue weighted by Gasteiger charge is 2.53. The van der Waals surface area contributed by atoms with Crippen molar-refractivity contribution in [3.05, 3.63) is 69.3 Å². The Bertz CT molecular complexity index is 1600. The van der Waals surface area contributed by atoms with Gasteiger partial charge in [-0.05, 0) is 185 Å². The molecule has 55 heavy (non-hydrogen) atoms. The summed E-state index contributed by atoms with van der Waals surface area (Å²) in [7, 11) is 0. The number of alkyl halides is 2. The molecule has 6 aliphatic rings. The maximum absolute atomic E-state index is 15.1. The molecule has 8 rings (SSSR count). The van der Waals surface area contributed by atoms with Crippen molar-refractivity contribution >= 4 is 5.78 Å². The van der Waals surface area contributed by atoms with E-state index in [0.717, 1.165) is 84.3 Å². The first-order valence-corrected chi connectivity index (χ1v) is 23.0. The number of halogens is 4. The average Bonchev–Trinajstić information content (AvgIpc) is 3.64. The van der Waals surface area contributed by atoms with Crippen LogP contribution in [0.2, 0.25) is 0 Å². The smallest absolute Gasteiger partial charge is 0.279 e. The molecule has 0 aliphatic heterocycles. The standard InChI is InChI=1S/C25H35F3.C25H35FO/c1-3-4-17-5-7-18(8-6-17)19-9-11-20(12-10-19)22-15-21-13-16(2)14-23(26)24(21)25(22,27)28;1-3-4-17-5-7-18(8-6-17)19-9-11-20(12-10-19)22-15-21-13-16(2)14-23(26)24(21)25(22)27/h13-14,17-20,22H,3-12,15H2,1-2H3;13-14,17-20,22H,3-12,15H2,1-2H3. The average molecular weight is 763 g/mol. The Balaban J connectivity index is 0.000000169. The molecule has 2 aromatic rings. The number of benzene rings is 2. The second kappa shape index (κ2) is 17.8. The number of aryl methyl sites for hydroxylation is 2. The van der Waals surface area contributed by atoms with E-state index in [1.165, 1.54) is 115 Å². The first kappa shape index (κ1) is 41.0. The Labute approximate surface area is 330 Å². The van der Waals surface area contributed by atoms with E-state index in [1.807, 2.05) is 13.0 Å². The number of fused-ring (bicyclic) bond motifs is 2. The van der Waals surface area contributed by atoms with Crippen molar-refractivity contribution in [1.82, 2.24) is 0 Å². The van der Waals surface area contributed by atoms with Gasteiger partial charge < -0.3 is 0 Å². The number of hydrogen-bond donors (Lipinski definition) is 0. The Morgan fingerprint density at radius 3 is 1.45 bits per heavy atom. The predicted octanol–water partition coefficient (Wildman–Crippen LogP) is 14.7. The summed E-state index contributed by atoms with van der Waals surface area (Å²) in [4.78, 5) is 12.9. The molecule has 0 bridgehead atoms. The van der Waals surface area contributed by atoms with Crippen LogP contribution in [-0.2, 0) is 18.8 Å². The highest BCUT2D eigenvalue weighted by molar-refractivity contribution is 6.02. The molecule has 4 saturated carbocycles. The second-order valence-electron chi connectivity index (χ2n) is 19.7. The predicted molar refractivity (Wildman–Crippen MR) is 216 cm³/mol. The normalized spacial score (nSPS) is 34.4. The van der Waals surface area contributed by atoms with Gasteiger partial charge in [-0.15, -0.1) is 0 Å². The molecule has 0 heterocycles. The summed E-state index contributed by atoms with van der Waals surface area (Å²) >= 11 is 0. The van der Waals surface area contributed by atoms with Crippen LogP contribution >= 0.6 is 0 Å². The van der Waals surface area contributed by atoms with E-state index in [4.69, 9.17) is 0 Å². The molecular formula is C50H70F4O. The lowest BCUT2D eigenvalue weighted by molar-refractivity contribution is -0.0853. The second-order valence-corrected chi connectivity index (χ2v) is 19.7. The van der Waals surface area contributed by atoms with Crippen LogP contribution in [0.3, 0.4) is 0 Å². The molecule has 0 amide bonds. The zero-order valence-electron chi connectivity index (χ0n) is 34.6.